The Kier molecular flexibility index (Phi) is 5.82. The maximum absolute atomic E-state index is 5.06. The molecule has 0 saturated carbocycles. The highest BCUT2D eigenvalue weighted by Crippen LogP contribution is 2.38. The van der Waals surface area contributed by atoms with Crippen molar-refractivity contribution in [3.05, 3.63) is 164 Å². The zero-order chi connectivity index (χ0) is 29.7. The van der Waals surface area contributed by atoms with Crippen LogP contribution in [0.15, 0.2) is 164 Å². The number of para-hydroxylation sites is 1. The molecule has 0 spiro atoms. The molecule has 0 amide bonds. The molecule has 9 rings (SSSR count). The highest BCUT2D eigenvalue weighted by molar-refractivity contribution is 6.06. The van der Waals surface area contributed by atoms with Crippen LogP contribution in [0, 0.1) is 0 Å². The first kappa shape index (κ1) is 25.4. The lowest BCUT2D eigenvalue weighted by molar-refractivity contribution is 1.19. The average Bonchev–Trinajstić information content (AvgIpc) is 3.51. The zero-order valence-electron chi connectivity index (χ0n) is 24.4. The fraction of sp³-hybridized carbons (Fsp3) is 0. The molecule has 3 nitrogen and oxygen atoms in total. The smallest absolute Gasteiger partial charge is 0.138 e. The number of fused-ring (bicyclic) bond motifs is 4. The molecule has 0 N–H and O–H groups in total. The van der Waals surface area contributed by atoms with E-state index in [1.165, 1.54) is 43.8 Å². The van der Waals surface area contributed by atoms with Crippen molar-refractivity contribution < 1.29 is 0 Å². The lowest BCUT2D eigenvalue weighted by atomic mass is 9.91. The van der Waals surface area contributed by atoms with E-state index in [-0.39, 0.29) is 0 Å². The summed E-state index contributed by atoms with van der Waals surface area (Å²) in [6.45, 7) is 0. The SMILES string of the molecule is c1ccc(-c2ccc(-c3ccc4cc(-c5c(-c6ccc7ccccc7n6)nc6ccccn56)ccc4c3)c3ccccc23)cc1. The Morgan fingerprint density at radius 1 is 0.422 bits per heavy atom. The summed E-state index contributed by atoms with van der Waals surface area (Å²) in [5.41, 5.74) is 10.7. The van der Waals surface area contributed by atoms with Gasteiger partial charge in [0, 0.05) is 17.1 Å². The number of nitrogens with zero attached hydrogens (tertiary/aromatic N) is 3. The van der Waals surface area contributed by atoms with Gasteiger partial charge in [-0.3, -0.25) is 4.40 Å². The number of hydrogen-bond donors (Lipinski definition) is 0. The van der Waals surface area contributed by atoms with E-state index in [2.05, 4.69) is 150 Å². The molecule has 0 aliphatic rings. The quantitative estimate of drug-likeness (QED) is 0.210. The summed E-state index contributed by atoms with van der Waals surface area (Å²) in [5.74, 6) is 0. The van der Waals surface area contributed by atoms with E-state index in [9.17, 15) is 0 Å². The van der Waals surface area contributed by atoms with Crippen LogP contribution < -0.4 is 0 Å². The standard InChI is InChI=1S/C42H27N3/c1-2-10-28(11-3-1)34-22-23-35(37-14-6-5-13-36(34)37)32-19-17-31-27-33(20-18-30(31)26-32)42-41(44-40-16-8-9-25-45(40)42)39-24-21-29-12-4-7-15-38(29)43-39/h1-27H. The Morgan fingerprint density at radius 2 is 1.07 bits per heavy atom. The van der Waals surface area contributed by atoms with Crippen molar-refractivity contribution in [2.45, 2.75) is 0 Å². The van der Waals surface area contributed by atoms with Crippen LogP contribution in [-0.2, 0) is 0 Å². The van der Waals surface area contributed by atoms with E-state index >= 15 is 0 Å². The lowest BCUT2D eigenvalue weighted by Gasteiger charge is -2.13. The van der Waals surface area contributed by atoms with E-state index in [0.29, 0.717) is 0 Å². The Balaban J connectivity index is 1.17. The molecule has 9 aromatic rings. The van der Waals surface area contributed by atoms with E-state index in [1.54, 1.807) is 0 Å². The van der Waals surface area contributed by atoms with E-state index in [0.717, 1.165) is 39.2 Å². The molecule has 0 saturated heterocycles. The first-order valence-electron chi connectivity index (χ1n) is 15.3. The second-order valence-corrected chi connectivity index (χ2v) is 11.5. The van der Waals surface area contributed by atoms with E-state index in [4.69, 9.17) is 9.97 Å². The largest absolute Gasteiger partial charge is 0.299 e. The second kappa shape index (κ2) is 10.3. The van der Waals surface area contributed by atoms with Gasteiger partial charge in [0.2, 0.25) is 0 Å². The average molecular weight is 574 g/mol. The molecule has 3 heteroatoms. The summed E-state index contributed by atoms with van der Waals surface area (Å²) >= 11 is 0. The van der Waals surface area contributed by atoms with Gasteiger partial charge < -0.3 is 0 Å². The number of rotatable bonds is 4. The van der Waals surface area contributed by atoms with Gasteiger partial charge in [-0.2, -0.15) is 0 Å². The third kappa shape index (κ3) is 4.29. The van der Waals surface area contributed by atoms with Crippen molar-refractivity contribution in [2.24, 2.45) is 0 Å². The topological polar surface area (TPSA) is 30.2 Å². The van der Waals surface area contributed by atoms with Gasteiger partial charge in [0.05, 0.1) is 16.9 Å². The predicted octanol–water partition coefficient (Wildman–Crippen LogP) is 10.9. The van der Waals surface area contributed by atoms with Crippen LogP contribution in [0.3, 0.4) is 0 Å². The molecular formula is C42H27N3. The van der Waals surface area contributed by atoms with Crippen LogP contribution >= 0.6 is 0 Å². The molecule has 0 unspecified atom stereocenters. The van der Waals surface area contributed by atoms with Crippen LogP contribution in [0.4, 0.5) is 0 Å². The molecule has 45 heavy (non-hydrogen) atoms. The summed E-state index contributed by atoms with van der Waals surface area (Å²) in [7, 11) is 0. The molecule has 3 heterocycles. The zero-order valence-corrected chi connectivity index (χ0v) is 24.4. The van der Waals surface area contributed by atoms with Gasteiger partial charge in [0.15, 0.2) is 0 Å². The van der Waals surface area contributed by atoms with Crippen molar-refractivity contribution in [3.8, 4) is 44.9 Å². The van der Waals surface area contributed by atoms with Crippen LogP contribution in [-0.4, -0.2) is 14.4 Å². The van der Waals surface area contributed by atoms with Crippen molar-refractivity contribution in [3.63, 3.8) is 0 Å². The Bertz CT molecular complexity index is 2540. The minimum atomic E-state index is 0.869. The van der Waals surface area contributed by atoms with Crippen molar-refractivity contribution in [1.82, 2.24) is 14.4 Å². The van der Waals surface area contributed by atoms with Gasteiger partial charge in [-0.25, -0.2) is 9.97 Å². The molecule has 0 bridgehead atoms. The Labute approximate surface area is 260 Å². The first-order chi connectivity index (χ1) is 22.3. The van der Waals surface area contributed by atoms with Crippen molar-refractivity contribution >= 4 is 38.1 Å². The molecule has 0 aliphatic carbocycles. The Hall–Kier alpha value is -6.06. The van der Waals surface area contributed by atoms with Crippen LogP contribution in [0.1, 0.15) is 0 Å². The lowest BCUT2D eigenvalue weighted by Crippen LogP contribution is -1.92. The molecule has 6 aromatic carbocycles. The number of benzene rings is 6. The van der Waals surface area contributed by atoms with Gasteiger partial charge in [-0.15, -0.1) is 0 Å². The molecular weight excluding hydrogens is 546 g/mol. The normalized spacial score (nSPS) is 11.6. The van der Waals surface area contributed by atoms with Crippen LogP contribution in [0.2, 0.25) is 0 Å². The third-order valence-electron chi connectivity index (χ3n) is 8.80. The van der Waals surface area contributed by atoms with E-state index < -0.39 is 0 Å². The summed E-state index contributed by atoms with van der Waals surface area (Å²) in [6.07, 6.45) is 2.08. The number of imidazole rings is 1. The first-order valence-corrected chi connectivity index (χ1v) is 15.3. The molecule has 0 radical (unpaired) electrons. The fourth-order valence-electron chi connectivity index (χ4n) is 6.63. The molecule has 210 valence electrons. The van der Waals surface area contributed by atoms with Crippen molar-refractivity contribution in [1.29, 1.82) is 0 Å². The van der Waals surface area contributed by atoms with E-state index in [1.807, 2.05) is 18.2 Å². The van der Waals surface area contributed by atoms with Gasteiger partial charge >= 0.3 is 0 Å². The minimum Gasteiger partial charge on any atom is -0.299 e. The summed E-state index contributed by atoms with van der Waals surface area (Å²) < 4.78 is 2.17. The van der Waals surface area contributed by atoms with Gasteiger partial charge in [0.1, 0.15) is 11.3 Å². The molecule has 0 aliphatic heterocycles. The molecule has 0 atom stereocenters. The van der Waals surface area contributed by atoms with Crippen LogP contribution in [0.5, 0.6) is 0 Å². The Morgan fingerprint density at radius 3 is 1.89 bits per heavy atom. The predicted molar refractivity (Wildman–Crippen MR) is 187 cm³/mol. The number of aromatic nitrogens is 3. The fourth-order valence-corrected chi connectivity index (χ4v) is 6.63. The third-order valence-corrected chi connectivity index (χ3v) is 8.80. The second-order valence-electron chi connectivity index (χ2n) is 11.5. The van der Waals surface area contributed by atoms with Gasteiger partial charge in [-0.1, -0.05) is 121 Å². The number of hydrogen-bond acceptors (Lipinski definition) is 2. The maximum atomic E-state index is 5.06. The summed E-state index contributed by atoms with van der Waals surface area (Å²) in [4.78, 5) is 10.1. The van der Waals surface area contributed by atoms with Crippen LogP contribution in [0.25, 0.3) is 83.0 Å². The number of pyridine rings is 2. The molecule has 3 aromatic heterocycles. The summed E-state index contributed by atoms with van der Waals surface area (Å²) in [6, 6.07) is 55.9. The van der Waals surface area contributed by atoms with Gasteiger partial charge in [-0.05, 0) is 80.2 Å². The summed E-state index contributed by atoms with van der Waals surface area (Å²) in [5, 5.41) is 6.03. The maximum Gasteiger partial charge on any atom is 0.138 e. The minimum absolute atomic E-state index is 0.869. The van der Waals surface area contributed by atoms with Crippen molar-refractivity contribution in [2.75, 3.05) is 0 Å². The molecule has 0 fully saturated rings. The highest BCUT2D eigenvalue weighted by Gasteiger charge is 2.18. The monoisotopic (exact) mass is 573 g/mol. The van der Waals surface area contributed by atoms with Gasteiger partial charge in [0.25, 0.3) is 0 Å². The highest BCUT2D eigenvalue weighted by atomic mass is 15.0.